The van der Waals surface area contributed by atoms with Crippen LogP contribution >= 0.6 is 0 Å². The molecule has 0 spiro atoms. The van der Waals surface area contributed by atoms with E-state index in [9.17, 15) is 13.2 Å². The maximum absolute atomic E-state index is 12.6. The zero-order valence-corrected chi connectivity index (χ0v) is 14.0. The molecular formula is C16H23N3O3S. The summed E-state index contributed by atoms with van der Waals surface area (Å²) in [5.74, 6) is -0.0366. The number of likely N-dealkylation sites (tertiary alicyclic amines) is 2. The molecule has 0 aliphatic carbocycles. The van der Waals surface area contributed by atoms with E-state index in [2.05, 4.69) is 4.90 Å². The van der Waals surface area contributed by atoms with E-state index in [0.717, 1.165) is 32.6 Å². The van der Waals surface area contributed by atoms with Crippen LogP contribution in [0.25, 0.3) is 0 Å². The number of benzene rings is 1. The molecule has 2 heterocycles. The van der Waals surface area contributed by atoms with Crippen LogP contribution < -0.4 is 5.14 Å². The van der Waals surface area contributed by atoms with Crippen LogP contribution in [0.3, 0.4) is 0 Å². The molecule has 0 unspecified atom stereocenters. The minimum Gasteiger partial charge on any atom is -0.337 e. The number of nitrogens with two attached hydrogens (primary N) is 1. The number of primary sulfonamides is 1. The van der Waals surface area contributed by atoms with Crippen LogP contribution in [-0.4, -0.2) is 56.3 Å². The lowest BCUT2D eigenvalue weighted by molar-refractivity contribution is 0.0771. The van der Waals surface area contributed by atoms with Crippen molar-refractivity contribution in [3.63, 3.8) is 0 Å². The monoisotopic (exact) mass is 337 g/mol. The van der Waals surface area contributed by atoms with Crippen molar-refractivity contribution in [1.29, 1.82) is 0 Å². The zero-order chi connectivity index (χ0) is 16.4. The van der Waals surface area contributed by atoms with Crippen molar-refractivity contribution in [2.24, 2.45) is 5.14 Å². The topological polar surface area (TPSA) is 83.7 Å². The van der Waals surface area contributed by atoms with Gasteiger partial charge in [0.2, 0.25) is 10.0 Å². The Hall–Kier alpha value is -1.44. The number of carbonyl (C=O) groups excluding carboxylic acids is 1. The Morgan fingerprint density at radius 1 is 1.04 bits per heavy atom. The number of hydrogen-bond donors (Lipinski definition) is 1. The predicted molar refractivity (Wildman–Crippen MR) is 87.5 cm³/mol. The molecule has 23 heavy (non-hydrogen) atoms. The largest absolute Gasteiger partial charge is 0.337 e. The lowest BCUT2D eigenvalue weighted by Gasteiger charge is -2.32. The van der Waals surface area contributed by atoms with E-state index in [1.807, 2.05) is 4.90 Å². The summed E-state index contributed by atoms with van der Waals surface area (Å²) in [7, 11) is -3.72. The van der Waals surface area contributed by atoms with Gasteiger partial charge in [0.25, 0.3) is 5.91 Å². The van der Waals surface area contributed by atoms with Gasteiger partial charge in [-0.25, -0.2) is 13.6 Å². The summed E-state index contributed by atoms with van der Waals surface area (Å²) < 4.78 is 22.5. The van der Waals surface area contributed by atoms with Crippen LogP contribution in [-0.2, 0) is 10.0 Å². The Balaban J connectivity index is 1.64. The first-order chi connectivity index (χ1) is 10.9. The number of rotatable bonds is 3. The van der Waals surface area contributed by atoms with Crippen molar-refractivity contribution in [1.82, 2.24) is 9.80 Å². The number of amides is 1. The smallest absolute Gasteiger partial charge is 0.253 e. The SMILES string of the molecule is NS(=O)(=O)c1ccc(C(=O)N2CC[C@H](N3CCCCC3)C2)cc1. The summed E-state index contributed by atoms with van der Waals surface area (Å²) in [6.45, 7) is 3.79. The molecule has 1 aromatic carbocycles. The van der Waals surface area contributed by atoms with E-state index >= 15 is 0 Å². The molecule has 2 fully saturated rings. The average molecular weight is 337 g/mol. The summed E-state index contributed by atoms with van der Waals surface area (Å²) in [5, 5.41) is 5.08. The first-order valence-electron chi connectivity index (χ1n) is 8.11. The first kappa shape index (κ1) is 16.4. The van der Waals surface area contributed by atoms with Gasteiger partial charge in [-0.2, -0.15) is 0 Å². The number of sulfonamides is 1. The van der Waals surface area contributed by atoms with Crippen molar-refractivity contribution in [2.45, 2.75) is 36.6 Å². The Kier molecular flexibility index (Phi) is 4.70. The summed E-state index contributed by atoms with van der Waals surface area (Å²) in [6, 6.07) is 6.32. The van der Waals surface area contributed by atoms with E-state index in [1.165, 1.54) is 43.5 Å². The third kappa shape index (κ3) is 3.73. The lowest BCUT2D eigenvalue weighted by atomic mass is 10.1. The third-order valence-electron chi connectivity index (χ3n) is 4.79. The second-order valence-electron chi connectivity index (χ2n) is 6.36. The van der Waals surface area contributed by atoms with E-state index in [-0.39, 0.29) is 10.8 Å². The molecule has 126 valence electrons. The van der Waals surface area contributed by atoms with Crippen LogP contribution in [0.4, 0.5) is 0 Å². The summed E-state index contributed by atoms with van der Waals surface area (Å²) in [4.78, 5) is 17.0. The fourth-order valence-corrected chi connectivity index (χ4v) is 3.99. The maximum atomic E-state index is 12.6. The van der Waals surface area contributed by atoms with Gasteiger partial charge in [-0.05, 0) is 56.6 Å². The standard InChI is InChI=1S/C16H23N3O3S/c17-23(21,22)15-6-4-13(5-7-15)16(20)19-11-8-14(12-19)18-9-2-1-3-10-18/h4-7,14H,1-3,8-12H2,(H2,17,21,22)/t14-/m0/s1. The van der Waals surface area contributed by atoms with Crippen LogP contribution in [0, 0.1) is 0 Å². The third-order valence-corrected chi connectivity index (χ3v) is 5.72. The Morgan fingerprint density at radius 3 is 2.30 bits per heavy atom. The molecule has 2 N–H and O–H groups in total. The summed E-state index contributed by atoms with van der Waals surface area (Å²) in [5.41, 5.74) is 0.511. The highest BCUT2D eigenvalue weighted by Crippen LogP contribution is 2.22. The normalized spacial score (nSPS) is 23.2. The molecule has 0 radical (unpaired) electrons. The van der Waals surface area contributed by atoms with Crippen LogP contribution in [0.1, 0.15) is 36.0 Å². The second-order valence-corrected chi connectivity index (χ2v) is 7.92. The highest BCUT2D eigenvalue weighted by atomic mass is 32.2. The van der Waals surface area contributed by atoms with Gasteiger partial charge in [0.05, 0.1) is 4.90 Å². The predicted octanol–water partition coefficient (Wildman–Crippen LogP) is 1.03. The molecule has 1 amide bonds. The Labute approximate surface area is 137 Å². The van der Waals surface area contributed by atoms with Crippen molar-refractivity contribution < 1.29 is 13.2 Å². The zero-order valence-electron chi connectivity index (χ0n) is 13.1. The van der Waals surface area contributed by atoms with Gasteiger partial charge in [0.15, 0.2) is 0 Å². The molecule has 0 bridgehead atoms. The Morgan fingerprint density at radius 2 is 1.70 bits per heavy atom. The molecule has 6 nitrogen and oxygen atoms in total. The maximum Gasteiger partial charge on any atom is 0.253 e. The molecule has 2 saturated heterocycles. The van der Waals surface area contributed by atoms with E-state index < -0.39 is 10.0 Å². The summed E-state index contributed by atoms with van der Waals surface area (Å²) >= 11 is 0. The molecule has 2 aliphatic rings. The van der Waals surface area contributed by atoms with Gasteiger partial charge in [-0.3, -0.25) is 9.69 Å². The van der Waals surface area contributed by atoms with Gasteiger partial charge in [0, 0.05) is 24.7 Å². The number of piperidine rings is 1. The molecule has 7 heteroatoms. The molecular weight excluding hydrogens is 314 g/mol. The van der Waals surface area contributed by atoms with E-state index in [0.29, 0.717) is 11.6 Å². The molecule has 0 aromatic heterocycles. The molecule has 2 aliphatic heterocycles. The Bertz CT molecular complexity index is 666. The van der Waals surface area contributed by atoms with Crippen LogP contribution in [0.15, 0.2) is 29.2 Å². The fraction of sp³-hybridized carbons (Fsp3) is 0.562. The van der Waals surface area contributed by atoms with E-state index in [1.54, 1.807) is 0 Å². The minimum atomic E-state index is -3.72. The van der Waals surface area contributed by atoms with Crippen LogP contribution in [0.5, 0.6) is 0 Å². The average Bonchev–Trinajstić information content (AvgIpc) is 3.04. The van der Waals surface area contributed by atoms with Gasteiger partial charge in [-0.1, -0.05) is 6.42 Å². The number of nitrogens with zero attached hydrogens (tertiary/aromatic N) is 2. The molecule has 3 rings (SSSR count). The molecule has 1 atom stereocenters. The number of hydrogen-bond acceptors (Lipinski definition) is 4. The van der Waals surface area contributed by atoms with Gasteiger partial charge in [-0.15, -0.1) is 0 Å². The van der Waals surface area contributed by atoms with E-state index in [4.69, 9.17) is 5.14 Å². The van der Waals surface area contributed by atoms with Crippen molar-refractivity contribution in [3.05, 3.63) is 29.8 Å². The van der Waals surface area contributed by atoms with Gasteiger partial charge in [0.1, 0.15) is 0 Å². The lowest BCUT2D eigenvalue weighted by Crippen LogP contribution is -2.41. The van der Waals surface area contributed by atoms with Crippen LogP contribution in [0.2, 0.25) is 0 Å². The minimum absolute atomic E-state index is 0.0293. The molecule has 1 aromatic rings. The summed E-state index contributed by atoms with van der Waals surface area (Å²) in [6.07, 6.45) is 4.82. The molecule has 0 saturated carbocycles. The van der Waals surface area contributed by atoms with Gasteiger partial charge < -0.3 is 4.90 Å². The highest BCUT2D eigenvalue weighted by molar-refractivity contribution is 7.89. The van der Waals surface area contributed by atoms with Crippen molar-refractivity contribution in [3.8, 4) is 0 Å². The van der Waals surface area contributed by atoms with Crippen molar-refractivity contribution in [2.75, 3.05) is 26.2 Å². The van der Waals surface area contributed by atoms with Crippen molar-refractivity contribution >= 4 is 15.9 Å². The highest BCUT2D eigenvalue weighted by Gasteiger charge is 2.31. The number of carbonyl (C=O) groups is 1. The fourth-order valence-electron chi connectivity index (χ4n) is 3.48. The second kappa shape index (κ2) is 6.59. The first-order valence-corrected chi connectivity index (χ1v) is 9.66. The quantitative estimate of drug-likeness (QED) is 0.893. The van der Waals surface area contributed by atoms with Gasteiger partial charge >= 0.3 is 0 Å².